The van der Waals surface area contributed by atoms with Gasteiger partial charge in [-0.05, 0) is 47.6 Å². The molecule has 0 aliphatic carbocycles. The molecule has 0 radical (unpaired) electrons. The molecule has 1 unspecified atom stereocenters. The van der Waals surface area contributed by atoms with Crippen LogP contribution in [0.1, 0.15) is 40.5 Å². The molecular weight excluding hydrogens is 281 g/mol. The van der Waals surface area contributed by atoms with Crippen LogP contribution in [0.25, 0.3) is 0 Å². The van der Waals surface area contributed by atoms with E-state index in [9.17, 15) is 0 Å². The molecule has 1 rings (SSSR count). The van der Waals surface area contributed by atoms with Crippen LogP contribution in [0.4, 0.5) is 0 Å². The van der Waals surface area contributed by atoms with Crippen molar-refractivity contribution in [2.45, 2.75) is 77.3 Å². The van der Waals surface area contributed by atoms with Crippen LogP contribution in [-0.4, -0.2) is 57.8 Å². The number of methoxy groups -OCH3 is 1. The van der Waals surface area contributed by atoms with Gasteiger partial charge in [-0.2, -0.15) is 0 Å². The quantitative estimate of drug-likeness (QED) is 0.533. The Morgan fingerprint density at radius 2 is 1.57 bits per heavy atom. The van der Waals surface area contributed by atoms with E-state index in [-0.39, 0.29) is 24.3 Å². The molecule has 0 aromatic heterocycles. The number of hydrogen-bond donors (Lipinski definition) is 0. The summed E-state index contributed by atoms with van der Waals surface area (Å²) in [5.41, 5.74) is -0.533. The summed E-state index contributed by atoms with van der Waals surface area (Å²) in [7, 11) is 2.40. The van der Waals surface area contributed by atoms with Crippen LogP contribution >= 0.6 is 0 Å². The van der Waals surface area contributed by atoms with E-state index in [4.69, 9.17) is 14.0 Å². The van der Waals surface area contributed by atoms with Gasteiger partial charge in [-0.1, -0.05) is 19.6 Å². The zero-order chi connectivity index (χ0) is 16.5. The maximum absolute atomic E-state index is 6.29. The van der Waals surface area contributed by atoms with E-state index in [1.165, 1.54) is 0 Å². The van der Waals surface area contributed by atoms with Crippen molar-refractivity contribution < 1.29 is 14.0 Å². The second kappa shape index (κ2) is 6.71. The molecule has 124 valence electrons. The van der Waals surface area contributed by atoms with Gasteiger partial charge in [0.05, 0.1) is 11.2 Å². The molecule has 6 heteroatoms. The molecule has 0 aromatic rings. The molecule has 1 atom stereocenters. The van der Waals surface area contributed by atoms with Gasteiger partial charge in [0.15, 0.2) is 0 Å². The zero-order valence-electron chi connectivity index (χ0n) is 15.4. The van der Waals surface area contributed by atoms with Gasteiger partial charge < -0.3 is 18.6 Å². The average Bonchev–Trinajstić information content (AvgIpc) is 2.52. The van der Waals surface area contributed by atoms with E-state index in [0.29, 0.717) is 0 Å². The largest absolute Gasteiger partial charge is 0.475 e. The van der Waals surface area contributed by atoms with Crippen molar-refractivity contribution in [1.29, 1.82) is 0 Å². The van der Waals surface area contributed by atoms with E-state index in [1.807, 2.05) is 0 Å². The van der Waals surface area contributed by atoms with Crippen molar-refractivity contribution in [3.05, 3.63) is 0 Å². The Bertz CT molecular complexity index is 328. The van der Waals surface area contributed by atoms with E-state index in [1.54, 1.807) is 7.11 Å². The van der Waals surface area contributed by atoms with E-state index >= 15 is 0 Å². The minimum atomic E-state index is -1.41. The summed E-state index contributed by atoms with van der Waals surface area (Å²) < 4.78 is 20.3. The first-order chi connectivity index (χ1) is 9.42. The number of hydrogen-bond acceptors (Lipinski definition) is 4. The lowest BCUT2D eigenvalue weighted by molar-refractivity contribution is 0.00578. The van der Waals surface area contributed by atoms with Crippen molar-refractivity contribution in [2.24, 2.45) is 0 Å². The van der Waals surface area contributed by atoms with Gasteiger partial charge in [0.1, 0.15) is 8.24 Å². The van der Waals surface area contributed by atoms with Gasteiger partial charge in [0.25, 0.3) is 0 Å². The van der Waals surface area contributed by atoms with Crippen LogP contribution in [-0.2, 0) is 14.0 Å². The third-order valence-electron chi connectivity index (χ3n) is 4.99. The SMILES string of the molecule is COCCCC(B1OC(C)(C)C(C)(C)O1)N(C)[Si](C)(C)C. The highest BCUT2D eigenvalue weighted by Crippen LogP contribution is 2.39. The summed E-state index contributed by atoms with van der Waals surface area (Å²) in [6.07, 6.45) is 2.06. The molecule has 1 aliphatic heterocycles. The third kappa shape index (κ3) is 4.55. The van der Waals surface area contributed by atoms with Crippen molar-refractivity contribution >= 4 is 15.4 Å². The lowest BCUT2D eigenvalue weighted by atomic mass is 9.76. The molecular formula is C15H34BNO3Si. The minimum absolute atomic E-state index is 0.163. The van der Waals surface area contributed by atoms with Gasteiger partial charge in [0, 0.05) is 19.7 Å². The summed E-state index contributed by atoms with van der Waals surface area (Å²) in [4.78, 5) is 0. The predicted molar refractivity (Wildman–Crippen MR) is 92.1 cm³/mol. The maximum Gasteiger partial charge on any atom is 0.475 e. The molecule has 21 heavy (non-hydrogen) atoms. The van der Waals surface area contributed by atoms with Gasteiger partial charge in [0.2, 0.25) is 0 Å². The number of nitrogens with zero attached hydrogens (tertiary/aromatic N) is 1. The summed E-state index contributed by atoms with van der Waals surface area (Å²) in [5.74, 6) is 0.285. The molecule has 0 bridgehead atoms. The first-order valence-corrected chi connectivity index (χ1v) is 11.4. The molecule has 0 amide bonds. The summed E-state index contributed by atoms with van der Waals surface area (Å²) in [6, 6.07) is 0. The van der Waals surface area contributed by atoms with Crippen molar-refractivity contribution in [2.75, 3.05) is 20.8 Å². The van der Waals surface area contributed by atoms with Crippen LogP contribution in [0.5, 0.6) is 0 Å². The smallest absolute Gasteiger partial charge is 0.402 e. The number of ether oxygens (including phenoxy) is 1. The first kappa shape index (κ1) is 19.2. The molecule has 1 fully saturated rings. The zero-order valence-corrected chi connectivity index (χ0v) is 16.4. The Morgan fingerprint density at radius 1 is 1.10 bits per heavy atom. The lowest BCUT2D eigenvalue weighted by Gasteiger charge is -2.38. The van der Waals surface area contributed by atoms with E-state index < -0.39 is 8.24 Å². The molecule has 0 N–H and O–H groups in total. The Labute approximate surface area is 132 Å². The summed E-state index contributed by atoms with van der Waals surface area (Å²) in [6.45, 7) is 16.4. The first-order valence-electron chi connectivity index (χ1n) is 8.00. The van der Waals surface area contributed by atoms with Gasteiger partial charge >= 0.3 is 7.12 Å². The van der Waals surface area contributed by atoms with Gasteiger partial charge in [-0.25, -0.2) is 0 Å². The Hall–Kier alpha value is 0.122. The molecule has 1 saturated heterocycles. The van der Waals surface area contributed by atoms with Crippen LogP contribution < -0.4 is 0 Å². The van der Waals surface area contributed by atoms with Crippen molar-refractivity contribution in [3.8, 4) is 0 Å². The monoisotopic (exact) mass is 315 g/mol. The minimum Gasteiger partial charge on any atom is -0.402 e. The topological polar surface area (TPSA) is 30.9 Å². The van der Waals surface area contributed by atoms with E-state index in [2.05, 4.69) is 58.9 Å². The fourth-order valence-corrected chi connectivity index (χ4v) is 3.74. The van der Waals surface area contributed by atoms with Crippen molar-refractivity contribution in [3.63, 3.8) is 0 Å². The Morgan fingerprint density at radius 3 is 1.95 bits per heavy atom. The third-order valence-corrected chi connectivity index (χ3v) is 7.44. The molecule has 4 nitrogen and oxygen atoms in total. The molecule has 0 aromatic carbocycles. The fraction of sp³-hybridized carbons (Fsp3) is 1.00. The van der Waals surface area contributed by atoms with E-state index in [0.717, 1.165) is 19.4 Å². The van der Waals surface area contributed by atoms with Crippen LogP contribution in [0.3, 0.4) is 0 Å². The van der Waals surface area contributed by atoms with Gasteiger partial charge in [-0.3, -0.25) is 0 Å². The normalized spacial score (nSPS) is 22.9. The summed E-state index contributed by atoms with van der Waals surface area (Å²) in [5, 5.41) is 0. The maximum atomic E-state index is 6.29. The highest BCUT2D eigenvalue weighted by atomic mass is 28.3. The lowest BCUT2D eigenvalue weighted by Crippen LogP contribution is -2.56. The van der Waals surface area contributed by atoms with Crippen LogP contribution in [0.2, 0.25) is 19.6 Å². The van der Waals surface area contributed by atoms with Gasteiger partial charge in [-0.15, -0.1) is 0 Å². The molecule has 1 aliphatic rings. The molecule has 1 heterocycles. The summed E-state index contributed by atoms with van der Waals surface area (Å²) >= 11 is 0. The second-order valence-electron chi connectivity index (χ2n) is 8.11. The second-order valence-corrected chi connectivity index (χ2v) is 13.2. The average molecular weight is 315 g/mol. The molecule has 0 saturated carbocycles. The Balaban J connectivity index is 2.87. The number of rotatable bonds is 7. The van der Waals surface area contributed by atoms with Crippen LogP contribution in [0.15, 0.2) is 0 Å². The van der Waals surface area contributed by atoms with Crippen LogP contribution in [0, 0.1) is 0 Å². The van der Waals surface area contributed by atoms with Crippen molar-refractivity contribution in [1.82, 2.24) is 4.57 Å². The predicted octanol–water partition coefficient (Wildman–Crippen LogP) is 3.18. The Kier molecular flexibility index (Phi) is 6.12. The standard InChI is InChI=1S/C15H34BNO3Si/c1-14(2)15(3,4)20-16(19-14)13(11-10-12-18-6)17(5)21(7,8)9/h13H,10-12H2,1-9H3. The molecule has 0 spiro atoms. The highest BCUT2D eigenvalue weighted by Gasteiger charge is 2.55. The highest BCUT2D eigenvalue weighted by molar-refractivity contribution is 6.74. The fourth-order valence-electron chi connectivity index (χ4n) is 2.49.